The number of hydrogen-bond acceptors (Lipinski definition) is 7. The van der Waals surface area contributed by atoms with E-state index in [0.29, 0.717) is 23.9 Å². The first-order chi connectivity index (χ1) is 39.0. The number of carbonyl (C=O) groups is 2. The first-order valence-corrected chi connectivity index (χ1v) is 32.4. The molecule has 2 atom stereocenters. The summed E-state index contributed by atoms with van der Waals surface area (Å²) in [5, 5.41) is 0. The average molecular weight is 1130 g/mol. The van der Waals surface area contributed by atoms with Crippen LogP contribution in [0.25, 0.3) is 0 Å². The number of ether oxygens (including phenoxy) is 2. The van der Waals surface area contributed by atoms with Crippen molar-refractivity contribution >= 4 is 19.8 Å². The molecule has 80 heavy (non-hydrogen) atoms. The number of carbonyl (C=O) groups excluding carboxylic acids is 2. The smallest absolute Gasteiger partial charge is 0.462 e. The van der Waals surface area contributed by atoms with Crippen molar-refractivity contribution in [2.75, 3.05) is 47.5 Å². The third-order valence-corrected chi connectivity index (χ3v) is 13.2. The Labute approximate surface area is 489 Å². The number of esters is 2. The normalized spacial score (nSPS) is 14.4. The third-order valence-electron chi connectivity index (χ3n) is 12.2. The SMILES string of the molecule is CC/C=C\C/C=C\C/C=C\C/C=C\C/C=C\C/C=C\C/C=C\C/C=C\C/C=C\C/C=C\C/C=C\C/C=C\CCCCCCC(=O)OC(COC(=O)CCCCCCC/C=C\C/C=C\CCCCC)COP(=O)(O)OCC[N+](C)(C)C. The van der Waals surface area contributed by atoms with E-state index in [1.54, 1.807) is 0 Å². The first-order valence-electron chi connectivity index (χ1n) is 30.9. The number of allylic oxidation sites excluding steroid dienone is 28. The van der Waals surface area contributed by atoms with E-state index in [4.69, 9.17) is 18.5 Å². The van der Waals surface area contributed by atoms with Crippen LogP contribution in [-0.2, 0) is 32.7 Å². The molecule has 0 aliphatic rings. The summed E-state index contributed by atoms with van der Waals surface area (Å²) in [6.07, 6.45) is 90.1. The molecule has 0 aromatic carbocycles. The van der Waals surface area contributed by atoms with Crippen LogP contribution >= 0.6 is 7.82 Å². The van der Waals surface area contributed by atoms with Crippen molar-refractivity contribution in [3.05, 3.63) is 170 Å². The van der Waals surface area contributed by atoms with Crippen LogP contribution < -0.4 is 0 Å². The molecule has 0 aromatic rings. The molecule has 9 nitrogen and oxygen atoms in total. The van der Waals surface area contributed by atoms with Gasteiger partial charge in [0.15, 0.2) is 6.10 Å². The number of hydrogen-bond donors (Lipinski definition) is 1. The highest BCUT2D eigenvalue weighted by molar-refractivity contribution is 7.47. The molecule has 0 aliphatic heterocycles. The molecule has 0 amide bonds. The van der Waals surface area contributed by atoms with Crippen molar-refractivity contribution in [1.29, 1.82) is 0 Å². The summed E-state index contributed by atoms with van der Waals surface area (Å²) >= 11 is 0. The lowest BCUT2D eigenvalue weighted by atomic mass is 10.1. The zero-order valence-electron chi connectivity index (χ0n) is 51.0. The molecule has 0 heterocycles. The van der Waals surface area contributed by atoms with Gasteiger partial charge in [-0.15, -0.1) is 0 Å². The van der Waals surface area contributed by atoms with Crippen LogP contribution in [0.1, 0.15) is 206 Å². The number of unbranched alkanes of at least 4 members (excludes halogenated alkanes) is 12. The highest BCUT2D eigenvalue weighted by atomic mass is 31.2. The van der Waals surface area contributed by atoms with E-state index in [1.165, 1.54) is 25.7 Å². The van der Waals surface area contributed by atoms with Gasteiger partial charge in [0.1, 0.15) is 19.8 Å². The summed E-state index contributed by atoms with van der Waals surface area (Å²) in [5.41, 5.74) is 0. The molecule has 0 bridgehead atoms. The minimum absolute atomic E-state index is 0.0147. The minimum Gasteiger partial charge on any atom is -0.462 e. The van der Waals surface area contributed by atoms with Crippen molar-refractivity contribution in [3.8, 4) is 0 Å². The van der Waals surface area contributed by atoms with Gasteiger partial charge >= 0.3 is 19.8 Å². The quantitative estimate of drug-likeness (QED) is 0.0211. The van der Waals surface area contributed by atoms with Gasteiger partial charge in [-0.3, -0.25) is 18.6 Å². The fourth-order valence-electron chi connectivity index (χ4n) is 7.50. The second-order valence-electron chi connectivity index (χ2n) is 21.0. The Morgan fingerprint density at radius 3 is 1.06 bits per heavy atom. The fourth-order valence-corrected chi connectivity index (χ4v) is 8.24. The summed E-state index contributed by atoms with van der Waals surface area (Å²) in [7, 11) is 1.42. The molecule has 450 valence electrons. The van der Waals surface area contributed by atoms with Crippen LogP contribution in [0.2, 0.25) is 0 Å². The summed E-state index contributed by atoms with van der Waals surface area (Å²) < 4.78 is 34.5. The summed E-state index contributed by atoms with van der Waals surface area (Å²) in [6, 6.07) is 0. The topological polar surface area (TPSA) is 108 Å². The number of quaternary nitrogens is 1. The maximum absolute atomic E-state index is 12.8. The summed E-state index contributed by atoms with van der Waals surface area (Å²) in [4.78, 5) is 35.6. The standard InChI is InChI=1S/C70H112NO8P/c1-6-8-10-12-14-16-18-20-22-23-24-25-26-27-28-29-30-31-32-33-34-35-36-37-38-39-40-41-42-43-44-45-46-47-49-51-53-55-57-59-61-63-70(73)79-68(67-78-80(74,75)77-65-64-71(3,4)5)66-76-69(72)62-60-58-56-54-52-50-48-21-19-17-15-13-11-9-7-2/h8,10,14-17,20-22,24-25,27-28,30-31,33-34,36-37,39-40,42-43,45-46,48-49,51,68H,6-7,9,11-13,18-19,23,26,29,32,35,38,41,44,47,50,52-67H2,1-5H3/p+1/b10-8-,16-14-,17-15-,22-20-,25-24-,28-27-,31-30-,34-33-,37-36-,40-39-,43-42-,46-45-,48-21-,51-49-. The molecule has 0 spiro atoms. The highest BCUT2D eigenvalue weighted by Crippen LogP contribution is 2.43. The van der Waals surface area contributed by atoms with E-state index in [-0.39, 0.29) is 26.1 Å². The number of nitrogens with zero attached hydrogens (tertiary/aromatic N) is 1. The highest BCUT2D eigenvalue weighted by Gasteiger charge is 2.27. The molecule has 2 unspecified atom stereocenters. The van der Waals surface area contributed by atoms with Gasteiger partial charge in [-0.2, -0.15) is 0 Å². The van der Waals surface area contributed by atoms with Crippen LogP contribution in [0, 0.1) is 0 Å². The number of rotatable bonds is 54. The van der Waals surface area contributed by atoms with E-state index in [0.717, 1.165) is 141 Å². The molecular formula is C70H113NO8P+. The first kappa shape index (κ1) is 75.4. The second-order valence-corrected chi connectivity index (χ2v) is 22.5. The van der Waals surface area contributed by atoms with Crippen molar-refractivity contribution in [2.24, 2.45) is 0 Å². The van der Waals surface area contributed by atoms with Crippen molar-refractivity contribution in [2.45, 2.75) is 213 Å². The van der Waals surface area contributed by atoms with Gasteiger partial charge in [0.05, 0.1) is 27.7 Å². The van der Waals surface area contributed by atoms with Crippen molar-refractivity contribution in [3.63, 3.8) is 0 Å². The van der Waals surface area contributed by atoms with Crippen LogP contribution in [0.15, 0.2) is 170 Å². The number of likely N-dealkylation sites (N-methyl/N-ethyl adjacent to an activating group) is 1. The minimum atomic E-state index is -4.41. The van der Waals surface area contributed by atoms with Crippen molar-refractivity contribution < 1.29 is 42.1 Å². The third kappa shape index (κ3) is 62.6. The van der Waals surface area contributed by atoms with Gasteiger partial charge in [-0.05, 0) is 135 Å². The van der Waals surface area contributed by atoms with Gasteiger partial charge in [-0.25, -0.2) is 4.57 Å². The lowest BCUT2D eigenvalue weighted by Gasteiger charge is -2.24. The van der Waals surface area contributed by atoms with Gasteiger partial charge in [-0.1, -0.05) is 229 Å². The van der Waals surface area contributed by atoms with E-state index in [2.05, 4.69) is 184 Å². The summed E-state index contributed by atoms with van der Waals surface area (Å²) in [6.45, 7) is 4.21. The van der Waals surface area contributed by atoms with E-state index < -0.39 is 32.5 Å². The molecule has 0 aromatic heterocycles. The van der Waals surface area contributed by atoms with Gasteiger partial charge in [0.25, 0.3) is 0 Å². The Kier molecular flexibility index (Phi) is 55.6. The zero-order chi connectivity index (χ0) is 58.4. The van der Waals surface area contributed by atoms with Gasteiger partial charge < -0.3 is 18.9 Å². The predicted molar refractivity (Wildman–Crippen MR) is 343 cm³/mol. The number of phosphoric ester groups is 1. The van der Waals surface area contributed by atoms with Crippen molar-refractivity contribution in [1.82, 2.24) is 0 Å². The van der Waals surface area contributed by atoms with E-state index in [9.17, 15) is 19.0 Å². The average Bonchev–Trinajstić information content (AvgIpc) is 3.42. The Hall–Kier alpha value is -4.63. The summed E-state index contributed by atoms with van der Waals surface area (Å²) in [5.74, 6) is -0.857. The van der Waals surface area contributed by atoms with Crippen LogP contribution in [0.3, 0.4) is 0 Å². The van der Waals surface area contributed by atoms with E-state index in [1.807, 2.05) is 21.1 Å². The molecule has 0 radical (unpaired) electrons. The predicted octanol–water partition coefficient (Wildman–Crippen LogP) is 19.8. The molecular weight excluding hydrogens is 1010 g/mol. The molecule has 0 saturated heterocycles. The van der Waals surface area contributed by atoms with Crippen LogP contribution in [0.4, 0.5) is 0 Å². The Bertz CT molecular complexity index is 1950. The molecule has 0 rings (SSSR count). The van der Waals surface area contributed by atoms with Gasteiger partial charge in [0.2, 0.25) is 0 Å². The maximum atomic E-state index is 12.8. The monoisotopic (exact) mass is 1130 g/mol. The molecule has 0 aliphatic carbocycles. The molecule has 0 fully saturated rings. The molecule has 0 saturated carbocycles. The van der Waals surface area contributed by atoms with Gasteiger partial charge in [0, 0.05) is 12.8 Å². The lowest BCUT2D eigenvalue weighted by Crippen LogP contribution is -2.37. The van der Waals surface area contributed by atoms with Crippen LogP contribution in [-0.4, -0.2) is 74.9 Å². The molecule has 10 heteroatoms. The van der Waals surface area contributed by atoms with Crippen LogP contribution in [0.5, 0.6) is 0 Å². The fraction of sp³-hybridized carbons (Fsp3) is 0.571. The molecule has 1 N–H and O–H groups in total. The largest absolute Gasteiger partial charge is 0.472 e. The Morgan fingerprint density at radius 2 is 0.713 bits per heavy atom. The number of phosphoric acid groups is 1. The Balaban J connectivity index is 4.21. The van der Waals surface area contributed by atoms with E-state index >= 15 is 0 Å². The second kappa shape index (κ2) is 59.0. The maximum Gasteiger partial charge on any atom is 0.472 e. The Morgan fingerprint density at radius 1 is 0.400 bits per heavy atom. The zero-order valence-corrected chi connectivity index (χ0v) is 51.9. The lowest BCUT2D eigenvalue weighted by molar-refractivity contribution is -0.870.